The van der Waals surface area contributed by atoms with Gasteiger partial charge in [-0.15, -0.1) is 0 Å². The summed E-state index contributed by atoms with van der Waals surface area (Å²) in [6.45, 7) is 2.81. The molecule has 19 heavy (non-hydrogen) atoms. The van der Waals surface area contributed by atoms with E-state index in [1.54, 1.807) is 19.2 Å². The number of hydrogen-bond acceptors (Lipinski definition) is 3. The van der Waals surface area contributed by atoms with Crippen LogP contribution in [0.1, 0.15) is 5.56 Å². The van der Waals surface area contributed by atoms with Crippen LogP contribution in [0.4, 0.5) is 24.5 Å². The number of likely N-dealkylation sites (N-methyl/N-ethyl adjacent to an activating group) is 1. The minimum atomic E-state index is -4.33. The zero-order valence-electron chi connectivity index (χ0n) is 11.1. The van der Waals surface area contributed by atoms with Crippen LogP contribution in [-0.2, 0) is 6.18 Å². The zero-order valence-corrected chi connectivity index (χ0v) is 11.1. The van der Waals surface area contributed by atoms with Gasteiger partial charge in [0.1, 0.15) is 0 Å². The number of halogens is 3. The highest BCUT2D eigenvalue weighted by Crippen LogP contribution is 2.38. The highest BCUT2D eigenvalue weighted by Gasteiger charge is 2.35. The van der Waals surface area contributed by atoms with Gasteiger partial charge < -0.3 is 15.1 Å². The summed E-state index contributed by atoms with van der Waals surface area (Å²) < 4.78 is 39.4. The van der Waals surface area contributed by atoms with Gasteiger partial charge in [-0.1, -0.05) is 0 Å². The smallest absolute Gasteiger partial charge is 0.388 e. The van der Waals surface area contributed by atoms with Crippen molar-refractivity contribution in [1.82, 2.24) is 4.90 Å². The van der Waals surface area contributed by atoms with Crippen molar-refractivity contribution in [3.63, 3.8) is 0 Å². The Balaban J connectivity index is 2.34. The van der Waals surface area contributed by atoms with Crippen molar-refractivity contribution >= 4 is 11.4 Å². The lowest BCUT2D eigenvalue weighted by Crippen LogP contribution is -2.45. The zero-order chi connectivity index (χ0) is 14.0. The van der Waals surface area contributed by atoms with E-state index >= 15 is 0 Å². The van der Waals surface area contributed by atoms with E-state index in [-0.39, 0.29) is 5.69 Å². The number of nitrogens with one attached hydrogen (secondary N) is 1. The normalized spacial score (nSPS) is 17.6. The Hall–Kier alpha value is -1.43. The summed E-state index contributed by atoms with van der Waals surface area (Å²) in [5.41, 5.74) is 0.189. The molecule has 2 rings (SSSR count). The number of benzene rings is 1. The number of anilines is 2. The molecule has 3 nitrogen and oxygen atoms in total. The van der Waals surface area contributed by atoms with Gasteiger partial charge in [-0.05, 0) is 25.2 Å². The minimum absolute atomic E-state index is 0.277. The summed E-state index contributed by atoms with van der Waals surface area (Å²) in [6.07, 6.45) is -4.33. The molecule has 1 heterocycles. The fourth-order valence-corrected chi connectivity index (χ4v) is 2.24. The topological polar surface area (TPSA) is 18.5 Å². The van der Waals surface area contributed by atoms with Crippen LogP contribution in [0.3, 0.4) is 0 Å². The summed E-state index contributed by atoms with van der Waals surface area (Å²) in [4.78, 5) is 3.92. The van der Waals surface area contributed by atoms with Gasteiger partial charge in [0.2, 0.25) is 0 Å². The molecule has 1 aromatic rings. The van der Waals surface area contributed by atoms with Crippen molar-refractivity contribution in [2.45, 2.75) is 6.18 Å². The largest absolute Gasteiger partial charge is 0.418 e. The first-order chi connectivity index (χ1) is 8.91. The van der Waals surface area contributed by atoms with Crippen LogP contribution in [0, 0.1) is 0 Å². The molecule has 0 aliphatic carbocycles. The van der Waals surface area contributed by atoms with Crippen LogP contribution in [0.2, 0.25) is 0 Å². The van der Waals surface area contributed by atoms with Crippen LogP contribution in [0.15, 0.2) is 18.2 Å². The van der Waals surface area contributed by atoms with Crippen molar-refractivity contribution in [2.24, 2.45) is 0 Å². The minimum Gasteiger partial charge on any atom is -0.388 e. The van der Waals surface area contributed by atoms with E-state index < -0.39 is 11.7 Å². The predicted octanol–water partition coefficient (Wildman–Crippen LogP) is 2.50. The predicted molar refractivity (Wildman–Crippen MR) is 70.7 cm³/mol. The van der Waals surface area contributed by atoms with Gasteiger partial charge in [0.25, 0.3) is 0 Å². The molecule has 0 aromatic heterocycles. The molecule has 0 atom stereocenters. The maximum atomic E-state index is 13.1. The maximum Gasteiger partial charge on any atom is 0.418 e. The molecule has 0 bridgehead atoms. The lowest BCUT2D eigenvalue weighted by molar-refractivity contribution is -0.137. The first-order valence-corrected chi connectivity index (χ1v) is 6.24. The van der Waals surface area contributed by atoms with Gasteiger partial charge in [0.15, 0.2) is 0 Å². The van der Waals surface area contributed by atoms with Crippen molar-refractivity contribution < 1.29 is 13.2 Å². The second-order valence-corrected chi connectivity index (χ2v) is 4.77. The van der Waals surface area contributed by atoms with Gasteiger partial charge in [0, 0.05) is 44.6 Å². The Kier molecular flexibility index (Phi) is 3.89. The molecule has 0 amide bonds. The standard InChI is InChI=1S/C13H18F3N3/c1-17-10-3-4-12(11(9-10)13(14,15)16)19-7-5-18(2)6-8-19/h3-4,9,17H,5-8H2,1-2H3. The Morgan fingerprint density at radius 2 is 1.74 bits per heavy atom. The Morgan fingerprint density at radius 3 is 2.26 bits per heavy atom. The fourth-order valence-electron chi connectivity index (χ4n) is 2.24. The van der Waals surface area contributed by atoms with E-state index in [9.17, 15) is 13.2 Å². The molecule has 1 saturated heterocycles. The average molecular weight is 273 g/mol. The molecule has 106 valence electrons. The number of nitrogens with zero attached hydrogens (tertiary/aromatic N) is 2. The molecule has 0 radical (unpaired) electrons. The van der Waals surface area contributed by atoms with E-state index in [1.165, 1.54) is 6.07 Å². The van der Waals surface area contributed by atoms with E-state index in [1.807, 2.05) is 11.9 Å². The van der Waals surface area contributed by atoms with Gasteiger partial charge >= 0.3 is 6.18 Å². The third-order valence-corrected chi connectivity index (χ3v) is 3.43. The van der Waals surface area contributed by atoms with Gasteiger partial charge in [-0.25, -0.2) is 0 Å². The number of rotatable bonds is 2. The lowest BCUT2D eigenvalue weighted by atomic mass is 10.1. The molecular formula is C13H18F3N3. The van der Waals surface area contributed by atoms with Crippen molar-refractivity contribution in [3.8, 4) is 0 Å². The molecule has 1 aromatic carbocycles. The Labute approximate surface area is 111 Å². The Bertz CT molecular complexity index is 437. The highest BCUT2D eigenvalue weighted by atomic mass is 19.4. The van der Waals surface area contributed by atoms with Crippen LogP contribution in [-0.4, -0.2) is 45.2 Å². The maximum absolute atomic E-state index is 13.1. The summed E-state index contributed by atoms with van der Waals surface area (Å²) in [5.74, 6) is 0. The van der Waals surface area contributed by atoms with E-state index in [0.717, 1.165) is 13.1 Å². The summed E-state index contributed by atoms with van der Waals surface area (Å²) in [6, 6.07) is 4.41. The summed E-state index contributed by atoms with van der Waals surface area (Å²) in [5, 5.41) is 2.75. The average Bonchev–Trinajstić information content (AvgIpc) is 2.38. The molecule has 6 heteroatoms. The van der Waals surface area contributed by atoms with Crippen molar-refractivity contribution in [1.29, 1.82) is 0 Å². The van der Waals surface area contributed by atoms with Crippen LogP contribution in [0.25, 0.3) is 0 Å². The van der Waals surface area contributed by atoms with Crippen LogP contribution >= 0.6 is 0 Å². The van der Waals surface area contributed by atoms with E-state index in [0.29, 0.717) is 18.8 Å². The van der Waals surface area contributed by atoms with Crippen molar-refractivity contribution in [3.05, 3.63) is 23.8 Å². The third-order valence-electron chi connectivity index (χ3n) is 3.43. The third kappa shape index (κ3) is 3.12. The second kappa shape index (κ2) is 5.28. The monoisotopic (exact) mass is 273 g/mol. The van der Waals surface area contributed by atoms with Gasteiger partial charge in [-0.3, -0.25) is 0 Å². The number of hydrogen-bond donors (Lipinski definition) is 1. The SMILES string of the molecule is CNc1ccc(N2CCN(C)CC2)c(C(F)(F)F)c1. The summed E-state index contributed by atoms with van der Waals surface area (Å²) >= 11 is 0. The van der Waals surface area contributed by atoms with E-state index in [2.05, 4.69) is 10.2 Å². The quantitative estimate of drug-likeness (QED) is 0.893. The van der Waals surface area contributed by atoms with Crippen LogP contribution < -0.4 is 10.2 Å². The van der Waals surface area contributed by atoms with Gasteiger partial charge in [-0.2, -0.15) is 13.2 Å². The molecule has 0 spiro atoms. The molecular weight excluding hydrogens is 255 g/mol. The molecule has 0 unspecified atom stereocenters. The van der Waals surface area contributed by atoms with Gasteiger partial charge in [0.05, 0.1) is 5.56 Å². The van der Waals surface area contributed by atoms with Crippen LogP contribution in [0.5, 0.6) is 0 Å². The first kappa shape index (κ1) is 14.0. The number of piperazine rings is 1. The second-order valence-electron chi connectivity index (χ2n) is 4.77. The molecule has 1 fully saturated rings. The fraction of sp³-hybridized carbons (Fsp3) is 0.538. The van der Waals surface area contributed by atoms with Crippen molar-refractivity contribution in [2.75, 3.05) is 50.5 Å². The Morgan fingerprint density at radius 1 is 1.11 bits per heavy atom. The first-order valence-electron chi connectivity index (χ1n) is 6.24. The molecule has 1 aliphatic rings. The molecule has 1 aliphatic heterocycles. The number of alkyl halides is 3. The summed E-state index contributed by atoms with van der Waals surface area (Å²) in [7, 11) is 3.59. The van der Waals surface area contributed by atoms with E-state index in [4.69, 9.17) is 0 Å². The molecule has 1 N–H and O–H groups in total. The highest BCUT2D eigenvalue weighted by molar-refractivity contribution is 5.62. The molecule has 0 saturated carbocycles. The lowest BCUT2D eigenvalue weighted by Gasteiger charge is -2.35.